The molecule has 1 atom stereocenters. The van der Waals surface area contributed by atoms with Gasteiger partial charge in [-0.25, -0.2) is 4.98 Å². The fourth-order valence-electron chi connectivity index (χ4n) is 2.37. The highest BCUT2D eigenvalue weighted by Gasteiger charge is 2.20. The lowest BCUT2D eigenvalue weighted by molar-refractivity contribution is 0.0933. The highest BCUT2D eigenvalue weighted by Crippen LogP contribution is 2.20. The van der Waals surface area contributed by atoms with Crippen LogP contribution < -0.4 is 0 Å². The molecule has 2 rings (SSSR count). The number of benzene rings is 1. The molecule has 0 N–H and O–H groups in total. The van der Waals surface area contributed by atoms with Gasteiger partial charge in [0.05, 0.1) is 6.04 Å². The molecule has 0 aliphatic heterocycles. The van der Waals surface area contributed by atoms with E-state index in [0.29, 0.717) is 5.92 Å². The van der Waals surface area contributed by atoms with Gasteiger partial charge < -0.3 is 4.57 Å². The summed E-state index contributed by atoms with van der Waals surface area (Å²) < 4.78 is 1.97. The molecular formula is C17H22N2O. The number of hydrogen-bond acceptors (Lipinski definition) is 2. The van der Waals surface area contributed by atoms with Gasteiger partial charge in [-0.05, 0) is 18.9 Å². The summed E-state index contributed by atoms with van der Waals surface area (Å²) in [4.78, 5) is 16.9. The molecule has 1 aromatic carbocycles. The van der Waals surface area contributed by atoms with Crippen molar-refractivity contribution in [2.75, 3.05) is 0 Å². The smallest absolute Gasteiger partial charge is 0.185 e. The van der Waals surface area contributed by atoms with Crippen molar-refractivity contribution < 1.29 is 4.79 Å². The van der Waals surface area contributed by atoms with Crippen molar-refractivity contribution in [3.63, 3.8) is 0 Å². The zero-order valence-corrected chi connectivity index (χ0v) is 12.6. The van der Waals surface area contributed by atoms with Gasteiger partial charge in [0.15, 0.2) is 5.78 Å². The third-order valence-electron chi connectivity index (χ3n) is 3.66. The van der Waals surface area contributed by atoms with E-state index in [-0.39, 0.29) is 11.8 Å². The fraction of sp³-hybridized carbons (Fsp3) is 0.412. The van der Waals surface area contributed by atoms with Crippen LogP contribution in [0.3, 0.4) is 0 Å². The van der Waals surface area contributed by atoms with Gasteiger partial charge in [-0.1, -0.05) is 45.0 Å². The summed E-state index contributed by atoms with van der Waals surface area (Å²) in [5.74, 6) is 1.39. The Morgan fingerprint density at radius 1 is 1.20 bits per heavy atom. The van der Waals surface area contributed by atoms with Gasteiger partial charge in [-0.3, -0.25) is 4.79 Å². The van der Waals surface area contributed by atoms with Crippen LogP contribution in [0.5, 0.6) is 0 Å². The van der Waals surface area contributed by atoms with Crippen LogP contribution in [-0.2, 0) is 6.42 Å². The second-order valence-electron chi connectivity index (χ2n) is 5.44. The van der Waals surface area contributed by atoms with Crippen LogP contribution in [0.15, 0.2) is 36.7 Å². The molecule has 1 heterocycles. The molecule has 2 aromatic rings. The van der Waals surface area contributed by atoms with Crippen LogP contribution in [0.2, 0.25) is 0 Å². The van der Waals surface area contributed by atoms with E-state index in [1.165, 1.54) is 5.56 Å². The second-order valence-corrected chi connectivity index (χ2v) is 5.44. The Labute approximate surface area is 120 Å². The molecule has 0 aliphatic carbocycles. The summed E-state index contributed by atoms with van der Waals surface area (Å²) in [6, 6.07) is 7.67. The number of ketones is 1. The van der Waals surface area contributed by atoms with Gasteiger partial charge >= 0.3 is 0 Å². The minimum Gasteiger partial charge on any atom is -0.324 e. The van der Waals surface area contributed by atoms with Crippen molar-refractivity contribution in [2.45, 2.75) is 46.1 Å². The molecular weight excluding hydrogens is 248 g/mol. The predicted molar refractivity (Wildman–Crippen MR) is 81.2 cm³/mol. The zero-order valence-electron chi connectivity index (χ0n) is 12.6. The molecule has 0 spiro atoms. The number of aryl methyl sites for hydroxylation is 1. The SMILES string of the molecule is CCc1ccc(C(=O)C(C)n2ccnc2C(C)C)cc1. The first-order chi connectivity index (χ1) is 9.54. The maximum absolute atomic E-state index is 12.6. The highest BCUT2D eigenvalue weighted by atomic mass is 16.1. The van der Waals surface area contributed by atoms with Gasteiger partial charge in [0, 0.05) is 23.9 Å². The minimum atomic E-state index is -0.220. The van der Waals surface area contributed by atoms with E-state index in [0.717, 1.165) is 17.8 Å². The molecule has 0 bridgehead atoms. The molecule has 0 saturated heterocycles. The summed E-state index contributed by atoms with van der Waals surface area (Å²) in [7, 11) is 0. The lowest BCUT2D eigenvalue weighted by Crippen LogP contribution is -2.19. The summed E-state index contributed by atoms with van der Waals surface area (Å²) in [5, 5.41) is 0. The Balaban J connectivity index is 2.25. The summed E-state index contributed by atoms with van der Waals surface area (Å²) >= 11 is 0. The maximum atomic E-state index is 12.6. The molecule has 3 nitrogen and oxygen atoms in total. The fourth-order valence-corrected chi connectivity index (χ4v) is 2.37. The number of imidazole rings is 1. The van der Waals surface area contributed by atoms with E-state index in [2.05, 4.69) is 25.8 Å². The Bertz CT molecular complexity index is 581. The number of rotatable bonds is 5. The van der Waals surface area contributed by atoms with Gasteiger partial charge in [0.1, 0.15) is 5.82 Å². The molecule has 1 unspecified atom stereocenters. The number of Topliss-reactive ketones (excluding diaryl/α,β-unsaturated/α-hetero) is 1. The van der Waals surface area contributed by atoms with Crippen LogP contribution in [0, 0.1) is 0 Å². The first-order valence-electron chi connectivity index (χ1n) is 7.20. The van der Waals surface area contributed by atoms with Gasteiger partial charge in [-0.15, -0.1) is 0 Å². The lowest BCUT2D eigenvalue weighted by atomic mass is 10.0. The number of hydrogen-bond donors (Lipinski definition) is 0. The van der Waals surface area contributed by atoms with Gasteiger partial charge in [-0.2, -0.15) is 0 Å². The second kappa shape index (κ2) is 6.04. The monoisotopic (exact) mass is 270 g/mol. The number of nitrogens with zero attached hydrogens (tertiary/aromatic N) is 2. The largest absolute Gasteiger partial charge is 0.324 e. The van der Waals surface area contributed by atoms with Crippen molar-refractivity contribution in [3.8, 4) is 0 Å². The Kier molecular flexibility index (Phi) is 4.38. The highest BCUT2D eigenvalue weighted by molar-refractivity contribution is 5.98. The average molecular weight is 270 g/mol. The lowest BCUT2D eigenvalue weighted by Gasteiger charge is -2.17. The normalized spacial score (nSPS) is 12.7. The number of carbonyl (C=O) groups excluding carboxylic acids is 1. The third kappa shape index (κ3) is 2.82. The number of carbonyl (C=O) groups is 1. The molecule has 1 aromatic heterocycles. The molecule has 0 aliphatic rings. The third-order valence-corrected chi connectivity index (χ3v) is 3.66. The molecule has 106 valence electrons. The first kappa shape index (κ1) is 14.5. The van der Waals surface area contributed by atoms with Crippen LogP contribution >= 0.6 is 0 Å². The predicted octanol–water partition coefficient (Wildman–Crippen LogP) is 4.01. The molecule has 3 heteroatoms. The van der Waals surface area contributed by atoms with Crippen molar-refractivity contribution >= 4 is 5.78 Å². The van der Waals surface area contributed by atoms with E-state index >= 15 is 0 Å². The summed E-state index contributed by atoms with van der Waals surface area (Å²) in [5.41, 5.74) is 2.01. The van der Waals surface area contributed by atoms with Crippen molar-refractivity contribution in [1.82, 2.24) is 9.55 Å². The molecule has 0 amide bonds. The van der Waals surface area contributed by atoms with Crippen LogP contribution in [0.4, 0.5) is 0 Å². The van der Waals surface area contributed by atoms with Crippen LogP contribution in [0.25, 0.3) is 0 Å². The van der Waals surface area contributed by atoms with Gasteiger partial charge in [0.2, 0.25) is 0 Å². The molecule has 20 heavy (non-hydrogen) atoms. The van der Waals surface area contributed by atoms with Crippen molar-refractivity contribution in [1.29, 1.82) is 0 Å². The Hall–Kier alpha value is -1.90. The maximum Gasteiger partial charge on any atom is 0.185 e. The molecule has 0 fully saturated rings. The van der Waals surface area contributed by atoms with Crippen molar-refractivity contribution in [3.05, 3.63) is 53.6 Å². The van der Waals surface area contributed by atoms with E-state index in [9.17, 15) is 4.79 Å². The zero-order chi connectivity index (χ0) is 14.7. The van der Waals surface area contributed by atoms with E-state index in [1.54, 1.807) is 6.20 Å². The minimum absolute atomic E-state index is 0.132. The number of aromatic nitrogens is 2. The Morgan fingerprint density at radius 3 is 2.40 bits per heavy atom. The topological polar surface area (TPSA) is 34.9 Å². The standard InChI is InChI=1S/C17H22N2O/c1-5-14-6-8-15(9-7-14)16(20)13(4)19-11-10-18-17(19)12(2)3/h6-13H,5H2,1-4H3. The summed E-state index contributed by atoms with van der Waals surface area (Å²) in [6.07, 6.45) is 4.64. The van der Waals surface area contributed by atoms with Crippen LogP contribution in [0.1, 0.15) is 61.4 Å². The van der Waals surface area contributed by atoms with Gasteiger partial charge in [0.25, 0.3) is 0 Å². The van der Waals surface area contributed by atoms with E-state index in [4.69, 9.17) is 0 Å². The van der Waals surface area contributed by atoms with E-state index in [1.807, 2.05) is 42.0 Å². The summed E-state index contributed by atoms with van der Waals surface area (Å²) in [6.45, 7) is 8.22. The first-order valence-corrected chi connectivity index (χ1v) is 7.20. The van der Waals surface area contributed by atoms with E-state index < -0.39 is 0 Å². The van der Waals surface area contributed by atoms with Crippen molar-refractivity contribution in [2.24, 2.45) is 0 Å². The van der Waals surface area contributed by atoms with Crippen LogP contribution in [-0.4, -0.2) is 15.3 Å². The Morgan fingerprint density at radius 2 is 1.85 bits per heavy atom. The average Bonchev–Trinajstić information content (AvgIpc) is 2.95. The molecule has 0 radical (unpaired) electrons. The molecule has 0 saturated carbocycles. The quantitative estimate of drug-likeness (QED) is 0.769.